The maximum absolute atomic E-state index is 13.5. The van der Waals surface area contributed by atoms with Crippen LogP contribution in [0.25, 0.3) is 22.2 Å². The molecule has 2 aromatic carbocycles. The van der Waals surface area contributed by atoms with Gasteiger partial charge in [-0.15, -0.1) is 0 Å². The number of rotatable bonds is 8. The van der Waals surface area contributed by atoms with Crippen molar-refractivity contribution in [3.05, 3.63) is 60.4 Å². The minimum absolute atomic E-state index is 0.0212. The van der Waals surface area contributed by atoms with E-state index in [1.54, 1.807) is 25.6 Å². The summed E-state index contributed by atoms with van der Waals surface area (Å²) in [6, 6.07) is 11.3. The van der Waals surface area contributed by atoms with Crippen molar-refractivity contribution < 1.29 is 23.0 Å². The van der Waals surface area contributed by atoms with Crippen LogP contribution in [0.4, 0.5) is 30.5 Å². The highest BCUT2D eigenvalue weighted by Gasteiger charge is 2.31. The molecule has 1 saturated heterocycles. The quantitative estimate of drug-likeness (QED) is 0.326. The number of fused-ring (bicyclic) bond motifs is 1. The second-order valence-electron chi connectivity index (χ2n) is 9.61. The van der Waals surface area contributed by atoms with Crippen LogP contribution in [0.2, 0.25) is 0 Å². The van der Waals surface area contributed by atoms with E-state index in [9.17, 15) is 18.3 Å². The molecular weight excluding hydrogens is 509 g/mol. The van der Waals surface area contributed by atoms with Gasteiger partial charge in [-0.3, -0.25) is 0 Å². The molecule has 0 unspecified atom stereocenters. The van der Waals surface area contributed by atoms with Gasteiger partial charge >= 0.3 is 6.18 Å². The second-order valence-corrected chi connectivity index (χ2v) is 9.61. The first-order valence-electron chi connectivity index (χ1n) is 12.8. The van der Waals surface area contributed by atoms with E-state index in [2.05, 4.69) is 32.1 Å². The summed E-state index contributed by atoms with van der Waals surface area (Å²) in [7, 11) is 3.71. The Hall–Kier alpha value is -3.83. The molecule has 2 aromatic heterocycles. The average Bonchev–Trinajstić information content (AvgIpc) is 3.30. The summed E-state index contributed by atoms with van der Waals surface area (Å²) in [6.07, 6.45) is -0.646. The number of alkyl halides is 3. The van der Waals surface area contributed by atoms with Gasteiger partial charge in [0, 0.05) is 79.9 Å². The number of nitrogens with one attached hydrogen (secondary N) is 1. The summed E-state index contributed by atoms with van der Waals surface area (Å²) in [5, 5.41) is 12.9. The molecule has 0 atom stereocenters. The van der Waals surface area contributed by atoms with Gasteiger partial charge in [-0.05, 0) is 49.9 Å². The lowest BCUT2D eigenvalue weighted by Gasteiger charge is -2.34. The van der Waals surface area contributed by atoms with Gasteiger partial charge in [0.25, 0.3) is 0 Å². The fourth-order valence-corrected chi connectivity index (χ4v) is 4.84. The lowest BCUT2D eigenvalue weighted by Crippen LogP contribution is -2.44. The van der Waals surface area contributed by atoms with E-state index in [0.29, 0.717) is 52.5 Å². The summed E-state index contributed by atoms with van der Waals surface area (Å²) in [5.74, 6) is 0.928. The SMILES string of the molecule is COc1cc(N2CCN(C)CC2)ccc1Nc1nccc(-c2cn(CCCO)c3ccc(C(F)(F)F)cc23)n1. The number of likely N-dealkylation sites (N-methyl/N-ethyl adjacent to an activating group) is 1. The predicted molar refractivity (Wildman–Crippen MR) is 146 cm³/mol. The molecule has 0 spiro atoms. The Morgan fingerprint density at radius 2 is 1.85 bits per heavy atom. The van der Waals surface area contributed by atoms with E-state index in [0.717, 1.165) is 44.0 Å². The zero-order valence-electron chi connectivity index (χ0n) is 21.9. The Morgan fingerprint density at radius 3 is 2.56 bits per heavy atom. The van der Waals surface area contributed by atoms with Crippen molar-refractivity contribution in [2.75, 3.05) is 57.2 Å². The topological polar surface area (TPSA) is 78.7 Å². The number of hydrogen-bond acceptors (Lipinski definition) is 7. The van der Waals surface area contributed by atoms with E-state index >= 15 is 0 Å². The van der Waals surface area contributed by atoms with Gasteiger partial charge in [-0.25, -0.2) is 9.97 Å². The molecule has 0 aliphatic carbocycles. The van der Waals surface area contributed by atoms with Crippen LogP contribution in [0, 0.1) is 0 Å². The number of methoxy groups -OCH3 is 1. The van der Waals surface area contributed by atoms with Gasteiger partial charge in [0.15, 0.2) is 0 Å². The van der Waals surface area contributed by atoms with Crippen LogP contribution in [0.3, 0.4) is 0 Å². The zero-order valence-corrected chi connectivity index (χ0v) is 21.9. The Labute approximate surface area is 224 Å². The third-order valence-corrected chi connectivity index (χ3v) is 7.00. The molecule has 11 heteroatoms. The lowest BCUT2D eigenvalue weighted by molar-refractivity contribution is -0.137. The number of aliphatic hydroxyl groups excluding tert-OH is 1. The van der Waals surface area contributed by atoms with E-state index in [4.69, 9.17) is 4.74 Å². The van der Waals surface area contributed by atoms with Crippen LogP contribution < -0.4 is 15.0 Å². The Kier molecular flexibility index (Phi) is 7.62. The molecule has 206 valence electrons. The van der Waals surface area contributed by atoms with E-state index in [1.165, 1.54) is 6.07 Å². The van der Waals surface area contributed by atoms with Crippen molar-refractivity contribution >= 4 is 28.2 Å². The molecule has 1 fully saturated rings. The number of aryl methyl sites for hydroxylation is 1. The summed E-state index contributed by atoms with van der Waals surface area (Å²) < 4.78 is 48.0. The number of halogens is 3. The summed E-state index contributed by atoms with van der Waals surface area (Å²) in [4.78, 5) is 13.6. The first kappa shape index (κ1) is 26.8. The minimum atomic E-state index is -4.47. The van der Waals surface area contributed by atoms with E-state index < -0.39 is 11.7 Å². The van der Waals surface area contributed by atoms with Crippen LogP contribution in [0.5, 0.6) is 5.75 Å². The molecule has 1 aliphatic heterocycles. The summed E-state index contributed by atoms with van der Waals surface area (Å²) >= 11 is 0. The number of benzene rings is 2. The lowest BCUT2D eigenvalue weighted by atomic mass is 10.1. The van der Waals surface area contributed by atoms with Gasteiger partial charge in [-0.2, -0.15) is 13.2 Å². The van der Waals surface area contributed by atoms with Crippen LogP contribution in [0.1, 0.15) is 12.0 Å². The molecule has 0 bridgehead atoms. The molecule has 1 aliphatic rings. The fourth-order valence-electron chi connectivity index (χ4n) is 4.84. The Balaban J connectivity index is 1.47. The Morgan fingerprint density at radius 1 is 1.05 bits per heavy atom. The molecule has 0 amide bonds. The van der Waals surface area contributed by atoms with Gasteiger partial charge < -0.3 is 29.5 Å². The monoisotopic (exact) mass is 540 g/mol. The Bertz CT molecular complexity index is 1450. The molecule has 0 saturated carbocycles. The zero-order chi connectivity index (χ0) is 27.6. The average molecular weight is 541 g/mol. The molecule has 4 aromatic rings. The van der Waals surface area contributed by atoms with Gasteiger partial charge in [0.05, 0.1) is 24.1 Å². The molecule has 0 radical (unpaired) electrons. The molecule has 5 rings (SSSR count). The smallest absolute Gasteiger partial charge is 0.416 e. The number of anilines is 3. The fraction of sp³-hybridized carbons (Fsp3) is 0.357. The minimum Gasteiger partial charge on any atom is -0.494 e. The highest BCUT2D eigenvalue weighted by atomic mass is 19.4. The van der Waals surface area contributed by atoms with Crippen molar-refractivity contribution in [1.29, 1.82) is 0 Å². The highest BCUT2D eigenvalue weighted by molar-refractivity contribution is 5.96. The molecule has 2 N–H and O–H groups in total. The largest absolute Gasteiger partial charge is 0.494 e. The van der Waals surface area contributed by atoms with Gasteiger partial charge in [-0.1, -0.05) is 0 Å². The first-order chi connectivity index (χ1) is 18.8. The molecular formula is C28H31F3N6O2. The number of aromatic nitrogens is 3. The predicted octanol–water partition coefficient (Wildman–Crippen LogP) is 5.00. The van der Waals surface area contributed by atoms with Crippen molar-refractivity contribution in [2.24, 2.45) is 0 Å². The van der Waals surface area contributed by atoms with Gasteiger partial charge in [0.1, 0.15) is 5.75 Å². The molecule has 8 nitrogen and oxygen atoms in total. The van der Waals surface area contributed by atoms with Crippen LogP contribution in [-0.4, -0.2) is 71.5 Å². The number of piperazine rings is 1. The third kappa shape index (κ3) is 5.79. The second kappa shape index (κ2) is 11.1. The van der Waals surface area contributed by atoms with Crippen molar-refractivity contribution in [2.45, 2.75) is 19.1 Å². The third-order valence-electron chi connectivity index (χ3n) is 7.00. The van der Waals surface area contributed by atoms with Crippen LogP contribution in [0.15, 0.2) is 54.9 Å². The van der Waals surface area contributed by atoms with Crippen molar-refractivity contribution in [3.8, 4) is 17.0 Å². The normalized spacial score (nSPS) is 14.7. The maximum atomic E-state index is 13.5. The first-order valence-corrected chi connectivity index (χ1v) is 12.8. The van der Waals surface area contributed by atoms with Gasteiger partial charge in [0.2, 0.25) is 5.95 Å². The van der Waals surface area contributed by atoms with Crippen molar-refractivity contribution in [3.63, 3.8) is 0 Å². The number of nitrogens with zero attached hydrogens (tertiary/aromatic N) is 5. The molecule has 39 heavy (non-hydrogen) atoms. The summed E-state index contributed by atoms with van der Waals surface area (Å²) in [6.45, 7) is 4.28. The number of aliphatic hydroxyl groups is 1. The summed E-state index contributed by atoms with van der Waals surface area (Å²) in [5.41, 5.74) is 2.69. The maximum Gasteiger partial charge on any atom is 0.416 e. The highest BCUT2D eigenvalue weighted by Crippen LogP contribution is 2.37. The van der Waals surface area contributed by atoms with E-state index in [-0.39, 0.29) is 6.61 Å². The van der Waals surface area contributed by atoms with Crippen LogP contribution in [-0.2, 0) is 12.7 Å². The number of hydrogen-bond donors (Lipinski definition) is 2. The van der Waals surface area contributed by atoms with E-state index in [1.807, 2.05) is 22.8 Å². The number of ether oxygens (including phenoxy) is 1. The van der Waals surface area contributed by atoms with Crippen LogP contribution >= 0.6 is 0 Å². The molecule has 3 heterocycles. The standard InChI is InChI=1S/C28H31F3N6O2/c1-35-11-13-36(14-12-35)20-5-6-24(26(17-20)39-2)34-27-32-9-8-23(33-27)22-18-37(10-3-15-38)25-7-4-19(16-21(22)25)28(29,30)31/h4-9,16-18,38H,3,10-15H2,1-2H3,(H,32,33,34). The van der Waals surface area contributed by atoms with Crippen molar-refractivity contribution in [1.82, 2.24) is 19.4 Å².